The monoisotopic (exact) mass is 377 g/mol. The van der Waals surface area contributed by atoms with Gasteiger partial charge in [-0.25, -0.2) is 4.79 Å². The lowest BCUT2D eigenvalue weighted by Gasteiger charge is -2.15. The van der Waals surface area contributed by atoms with Crippen LogP contribution in [0.2, 0.25) is 0 Å². The quantitative estimate of drug-likeness (QED) is 0.688. The first-order valence-corrected chi connectivity index (χ1v) is 8.95. The Morgan fingerprint density at radius 2 is 1.79 bits per heavy atom. The van der Waals surface area contributed by atoms with E-state index in [2.05, 4.69) is 5.32 Å². The van der Waals surface area contributed by atoms with Gasteiger partial charge in [0.15, 0.2) is 18.1 Å². The average Bonchev–Trinajstić information content (AvgIpc) is 3.19. The normalized spacial score (nSPS) is 13.2. The first-order valence-electron chi connectivity index (χ1n) is 8.95. The molecule has 0 fully saturated rings. The van der Waals surface area contributed by atoms with Crippen molar-refractivity contribution in [3.8, 4) is 11.5 Å². The fourth-order valence-electron chi connectivity index (χ4n) is 3.08. The van der Waals surface area contributed by atoms with Gasteiger partial charge >= 0.3 is 5.97 Å². The molecular formula is C22H19NO5. The third kappa shape index (κ3) is 3.76. The van der Waals surface area contributed by atoms with Gasteiger partial charge in [0.2, 0.25) is 6.79 Å². The van der Waals surface area contributed by atoms with Gasteiger partial charge in [0.05, 0.1) is 11.6 Å². The fourth-order valence-corrected chi connectivity index (χ4v) is 3.08. The highest BCUT2D eigenvalue weighted by molar-refractivity contribution is 5.96. The maximum atomic E-state index is 12.2. The molecule has 0 spiro atoms. The molecule has 142 valence electrons. The van der Waals surface area contributed by atoms with Crippen molar-refractivity contribution in [3.05, 3.63) is 71.8 Å². The fraction of sp³-hybridized carbons (Fsp3) is 0.182. The van der Waals surface area contributed by atoms with Crippen LogP contribution in [0.4, 0.5) is 0 Å². The van der Waals surface area contributed by atoms with E-state index in [4.69, 9.17) is 14.2 Å². The summed E-state index contributed by atoms with van der Waals surface area (Å²) in [7, 11) is 0. The number of rotatable bonds is 5. The lowest BCUT2D eigenvalue weighted by Crippen LogP contribution is -2.31. The van der Waals surface area contributed by atoms with Crippen molar-refractivity contribution in [2.24, 2.45) is 0 Å². The summed E-state index contributed by atoms with van der Waals surface area (Å²) in [6.45, 7) is 1.70. The third-order valence-electron chi connectivity index (χ3n) is 4.59. The summed E-state index contributed by atoms with van der Waals surface area (Å²) in [5.74, 6) is 0.434. The van der Waals surface area contributed by atoms with Crippen molar-refractivity contribution >= 4 is 22.6 Å². The molecule has 1 aliphatic heterocycles. The van der Waals surface area contributed by atoms with Crippen LogP contribution in [0.3, 0.4) is 0 Å². The number of ether oxygens (including phenoxy) is 3. The number of amides is 1. The molecule has 3 aromatic rings. The van der Waals surface area contributed by atoms with E-state index in [0.29, 0.717) is 17.1 Å². The maximum absolute atomic E-state index is 12.2. The smallest absolute Gasteiger partial charge is 0.338 e. The van der Waals surface area contributed by atoms with Gasteiger partial charge in [-0.2, -0.15) is 0 Å². The molecule has 1 aliphatic rings. The second kappa shape index (κ2) is 7.60. The summed E-state index contributed by atoms with van der Waals surface area (Å²) in [5.41, 5.74) is 1.29. The minimum absolute atomic E-state index is 0.199. The first-order chi connectivity index (χ1) is 13.6. The van der Waals surface area contributed by atoms with Crippen LogP contribution in [-0.2, 0) is 9.53 Å². The van der Waals surface area contributed by atoms with Gasteiger partial charge < -0.3 is 19.5 Å². The van der Waals surface area contributed by atoms with E-state index in [1.807, 2.05) is 49.4 Å². The molecule has 0 aromatic heterocycles. The summed E-state index contributed by atoms with van der Waals surface area (Å²) in [5, 5.41) is 4.79. The SMILES string of the molecule is CC(NC(=O)COC(=O)c1ccc2ccccc2c1)c1ccc2c(c1)OCO2. The highest BCUT2D eigenvalue weighted by atomic mass is 16.7. The van der Waals surface area contributed by atoms with Crippen molar-refractivity contribution in [2.75, 3.05) is 13.4 Å². The molecule has 1 unspecified atom stereocenters. The van der Waals surface area contributed by atoms with Crippen LogP contribution in [0.5, 0.6) is 11.5 Å². The topological polar surface area (TPSA) is 73.9 Å². The molecule has 3 aromatic carbocycles. The molecule has 0 radical (unpaired) electrons. The van der Waals surface area contributed by atoms with Crippen LogP contribution in [-0.4, -0.2) is 25.3 Å². The highest BCUT2D eigenvalue weighted by Gasteiger charge is 2.17. The van der Waals surface area contributed by atoms with Crippen molar-refractivity contribution < 1.29 is 23.8 Å². The van der Waals surface area contributed by atoms with Crippen LogP contribution in [0.15, 0.2) is 60.7 Å². The first kappa shape index (κ1) is 17.9. The number of esters is 1. The molecule has 0 saturated heterocycles. The Balaban J connectivity index is 1.33. The van der Waals surface area contributed by atoms with Gasteiger partial charge in [0, 0.05) is 0 Å². The molecule has 1 N–H and O–H groups in total. The number of carbonyl (C=O) groups is 2. The summed E-state index contributed by atoms with van der Waals surface area (Å²) in [4.78, 5) is 24.4. The average molecular weight is 377 g/mol. The summed E-state index contributed by atoms with van der Waals surface area (Å²) in [6.07, 6.45) is 0. The van der Waals surface area contributed by atoms with Crippen molar-refractivity contribution in [3.63, 3.8) is 0 Å². The summed E-state index contributed by atoms with van der Waals surface area (Å²) in [6, 6.07) is 18.3. The number of carbonyl (C=O) groups excluding carboxylic acids is 2. The van der Waals surface area contributed by atoms with Gasteiger partial charge in [-0.15, -0.1) is 0 Å². The van der Waals surface area contributed by atoms with E-state index in [0.717, 1.165) is 16.3 Å². The molecule has 6 nitrogen and oxygen atoms in total. The Morgan fingerprint density at radius 1 is 1.00 bits per heavy atom. The van der Waals surface area contributed by atoms with E-state index >= 15 is 0 Å². The maximum Gasteiger partial charge on any atom is 0.338 e. The summed E-state index contributed by atoms with van der Waals surface area (Å²) >= 11 is 0. The highest BCUT2D eigenvalue weighted by Crippen LogP contribution is 2.34. The van der Waals surface area contributed by atoms with Crippen LogP contribution in [0.25, 0.3) is 10.8 Å². The van der Waals surface area contributed by atoms with Crippen LogP contribution < -0.4 is 14.8 Å². The number of hydrogen-bond acceptors (Lipinski definition) is 5. The molecular weight excluding hydrogens is 358 g/mol. The zero-order valence-electron chi connectivity index (χ0n) is 15.3. The molecule has 1 atom stereocenters. The Morgan fingerprint density at radius 3 is 2.64 bits per heavy atom. The predicted octanol–water partition coefficient (Wildman–Crippen LogP) is 3.60. The zero-order chi connectivity index (χ0) is 19.5. The van der Waals surface area contributed by atoms with Crippen LogP contribution in [0, 0.1) is 0 Å². The van der Waals surface area contributed by atoms with Crippen molar-refractivity contribution in [1.82, 2.24) is 5.32 Å². The number of hydrogen-bond donors (Lipinski definition) is 1. The predicted molar refractivity (Wildman–Crippen MR) is 103 cm³/mol. The van der Waals surface area contributed by atoms with Crippen LogP contribution in [0.1, 0.15) is 28.9 Å². The molecule has 0 saturated carbocycles. The van der Waals surface area contributed by atoms with Gasteiger partial charge in [-0.3, -0.25) is 4.79 Å². The van der Waals surface area contributed by atoms with Gasteiger partial charge in [0.25, 0.3) is 5.91 Å². The zero-order valence-corrected chi connectivity index (χ0v) is 15.3. The number of benzene rings is 3. The molecule has 4 rings (SSSR count). The minimum atomic E-state index is -0.531. The second-order valence-corrected chi connectivity index (χ2v) is 6.54. The van der Waals surface area contributed by atoms with E-state index in [1.165, 1.54) is 0 Å². The molecule has 0 aliphatic carbocycles. The van der Waals surface area contributed by atoms with E-state index < -0.39 is 5.97 Å². The Kier molecular flexibility index (Phi) is 4.85. The number of nitrogens with one attached hydrogen (secondary N) is 1. The Labute approximate surface area is 162 Å². The van der Waals surface area contributed by atoms with Gasteiger partial charge in [0.1, 0.15) is 0 Å². The molecule has 28 heavy (non-hydrogen) atoms. The lowest BCUT2D eigenvalue weighted by molar-refractivity contribution is -0.124. The molecule has 1 heterocycles. The molecule has 6 heteroatoms. The Hall–Kier alpha value is -3.54. The third-order valence-corrected chi connectivity index (χ3v) is 4.59. The number of fused-ring (bicyclic) bond motifs is 2. The molecule has 0 bridgehead atoms. The van der Waals surface area contributed by atoms with Crippen molar-refractivity contribution in [1.29, 1.82) is 0 Å². The van der Waals surface area contributed by atoms with Gasteiger partial charge in [-0.1, -0.05) is 36.4 Å². The van der Waals surface area contributed by atoms with E-state index in [9.17, 15) is 9.59 Å². The van der Waals surface area contributed by atoms with Crippen LogP contribution >= 0.6 is 0 Å². The minimum Gasteiger partial charge on any atom is -0.454 e. The standard InChI is InChI=1S/C22H19NO5/c1-14(16-8-9-19-20(11-16)28-13-27-19)23-21(24)12-26-22(25)18-7-6-15-4-2-3-5-17(15)10-18/h2-11,14H,12-13H2,1H3,(H,23,24). The Bertz CT molecular complexity index is 1050. The van der Waals surface area contributed by atoms with Crippen molar-refractivity contribution in [2.45, 2.75) is 13.0 Å². The van der Waals surface area contributed by atoms with E-state index in [1.54, 1.807) is 18.2 Å². The largest absolute Gasteiger partial charge is 0.454 e. The second-order valence-electron chi connectivity index (χ2n) is 6.54. The lowest BCUT2D eigenvalue weighted by atomic mass is 10.1. The molecule has 1 amide bonds. The summed E-state index contributed by atoms with van der Waals surface area (Å²) < 4.78 is 15.8. The van der Waals surface area contributed by atoms with Gasteiger partial charge in [-0.05, 0) is 47.5 Å². The van der Waals surface area contributed by atoms with E-state index in [-0.39, 0.29) is 25.3 Å².